The number of nitrogens with one attached hydrogen (secondary N) is 2. The summed E-state index contributed by atoms with van der Waals surface area (Å²) in [6.07, 6.45) is 3.22. The summed E-state index contributed by atoms with van der Waals surface area (Å²) in [6.45, 7) is 1.89. The summed E-state index contributed by atoms with van der Waals surface area (Å²) < 4.78 is 38.4. The second-order valence-corrected chi connectivity index (χ2v) is 8.67. The Morgan fingerprint density at radius 1 is 1.14 bits per heavy atom. The number of sulfonamides is 1. The summed E-state index contributed by atoms with van der Waals surface area (Å²) >= 11 is 0. The molecule has 2 aromatic rings. The van der Waals surface area contributed by atoms with Crippen LogP contribution in [-0.4, -0.2) is 41.2 Å². The number of methoxy groups -OCH3 is 1. The van der Waals surface area contributed by atoms with Crippen molar-refractivity contribution >= 4 is 21.6 Å². The van der Waals surface area contributed by atoms with E-state index in [1.165, 1.54) is 32.1 Å². The smallest absolute Gasteiger partial charge is 0.261 e. The van der Waals surface area contributed by atoms with Gasteiger partial charge in [0.05, 0.1) is 12.0 Å². The molecule has 8 heteroatoms. The van der Waals surface area contributed by atoms with E-state index in [9.17, 15) is 13.2 Å². The van der Waals surface area contributed by atoms with E-state index in [1.54, 1.807) is 36.4 Å². The van der Waals surface area contributed by atoms with E-state index in [1.807, 2.05) is 0 Å². The predicted octanol–water partition coefficient (Wildman–Crippen LogP) is 3.04. The van der Waals surface area contributed by atoms with Crippen molar-refractivity contribution in [3.63, 3.8) is 0 Å². The van der Waals surface area contributed by atoms with E-state index in [2.05, 4.69) is 10.0 Å². The number of rotatable bonds is 11. The van der Waals surface area contributed by atoms with Gasteiger partial charge >= 0.3 is 0 Å². The monoisotopic (exact) mass is 418 g/mol. The zero-order chi connectivity index (χ0) is 20.7. The van der Waals surface area contributed by atoms with E-state index >= 15 is 0 Å². The maximum atomic E-state index is 12.6. The highest BCUT2D eigenvalue weighted by atomic mass is 32.2. The van der Waals surface area contributed by atoms with Crippen molar-refractivity contribution in [2.24, 2.45) is 5.92 Å². The molecule has 2 N–H and O–H groups in total. The molecule has 0 spiro atoms. The van der Waals surface area contributed by atoms with Crippen LogP contribution in [-0.2, 0) is 14.8 Å². The molecule has 1 aliphatic rings. The zero-order valence-corrected chi connectivity index (χ0v) is 17.2. The molecule has 7 nitrogen and oxygen atoms in total. The molecule has 3 rings (SSSR count). The average molecular weight is 419 g/mol. The van der Waals surface area contributed by atoms with Crippen LogP contribution in [0, 0.1) is 5.92 Å². The number of ether oxygens (including phenoxy) is 2. The Morgan fingerprint density at radius 2 is 1.90 bits per heavy atom. The molecule has 1 fully saturated rings. The molecular weight excluding hydrogens is 392 g/mol. The van der Waals surface area contributed by atoms with E-state index in [0.717, 1.165) is 18.9 Å². The van der Waals surface area contributed by atoms with Crippen LogP contribution in [0.15, 0.2) is 53.4 Å². The van der Waals surface area contributed by atoms with Gasteiger partial charge in [0.25, 0.3) is 15.9 Å². The molecular formula is C21H26N2O5S. The number of carbonyl (C=O) groups is 1. The SMILES string of the molecule is COc1ccc(NS(=O)(=O)c2cccc(C(=O)NCCCOCC3CC3)c2)cc1. The lowest BCUT2D eigenvalue weighted by Gasteiger charge is -2.10. The van der Waals surface area contributed by atoms with E-state index < -0.39 is 10.0 Å². The molecule has 0 atom stereocenters. The molecule has 2 aromatic carbocycles. The zero-order valence-electron chi connectivity index (χ0n) is 16.4. The molecule has 0 radical (unpaired) electrons. The maximum Gasteiger partial charge on any atom is 0.261 e. The van der Waals surface area contributed by atoms with Gasteiger partial charge in [0.1, 0.15) is 5.75 Å². The molecule has 0 heterocycles. The Morgan fingerprint density at radius 3 is 2.59 bits per heavy atom. The van der Waals surface area contributed by atoms with Gasteiger partial charge in [-0.1, -0.05) is 6.07 Å². The minimum atomic E-state index is -3.81. The highest BCUT2D eigenvalue weighted by Crippen LogP contribution is 2.28. The third-order valence-corrected chi connectivity index (χ3v) is 5.93. The van der Waals surface area contributed by atoms with Crippen molar-refractivity contribution in [2.75, 3.05) is 31.6 Å². The van der Waals surface area contributed by atoms with Crippen LogP contribution in [0.2, 0.25) is 0 Å². The molecule has 1 saturated carbocycles. The van der Waals surface area contributed by atoms with Crippen LogP contribution >= 0.6 is 0 Å². The fraction of sp³-hybridized carbons (Fsp3) is 0.381. The summed E-state index contributed by atoms with van der Waals surface area (Å²) in [7, 11) is -2.28. The molecule has 0 aromatic heterocycles. The Labute approximate surface area is 171 Å². The summed E-state index contributed by atoms with van der Waals surface area (Å²) in [5.74, 6) is 1.04. The predicted molar refractivity (Wildman–Crippen MR) is 111 cm³/mol. The summed E-state index contributed by atoms with van der Waals surface area (Å²) in [4.78, 5) is 12.3. The van der Waals surface area contributed by atoms with Crippen LogP contribution in [0.25, 0.3) is 0 Å². The highest BCUT2D eigenvalue weighted by molar-refractivity contribution is 7.92. The molecule has 156 valence electrons. The van der Waals surface area contributed by atoms with Gasteiger partial charge in [0.2, 0.25) is 0 Å². The maximum absolute atomic E-state index is 12.6. The Balaban J connectivity index is 1.54. The number of carbonyl (C=O) groups excluding carboxylic acids is 1. The first-order valence-electron chi connectivity index (χ1n) is 9.61. The minimum Gasteiger partial charge on any atom is -0.497 e. The molecule has 29 heavy (non-hydrogen) atoms. The number of hydrogen-bond donors (Lipinski definition) is 2. The third kappa shape index (κ3) is 6.47. The van der Waals surface area contributed by atoms with Crippen molar-refractivity contribution in [1.82, 2.24) is 5.32 Å². The number of benzene rings is 2. The minimum absolute atomic E-state index is 0.0220. The lowest BCUT2D eigenvalue weighted by atomic mass is 10.2. The van der Waals surface area contributed by atoms with Gasteiger partial charge in [-0.2, -0.15) is 0 Å². The van der Waals surface area contributed by atoms with Crippen LogP contribution in [0.5, 0.6) is 5.75 Å². The van der Waals surface area contributed by atoms with E-state index in [0.29, 0.717) is 30.2 Å². The summed E-state index contributed by atoms with van der Waals surface area (Å²) in [5, 5.41) is 2.80. The fourth-order valence-electron chi connectivity index (χ4n) is 2.69. The van der Waals surface area contributed by atoms with Crippen LogP contribution in [0.1, 0.15) is 29.6 Å². The molecule has 1 amide bonds. The van der Waals surface area contributed by atoms with Crippen molar-refractivity contribution in [3.8, 4) is 5.75 Å². The lowest BCUT2D eigenvalue weighted by Crippen LogP contribution is -2.25. The Hall–Kier alpha value is -2.58. The van der Waals surface area contributed by atoms with Crippen molar-refractivity contribution < 1.29 is 22.7 Å². The summed E-state index contributed by atoms with van der Waals surface area (Å²) in [6, 6.07) is 12.5. The van der Waals surface area contributed by atoms with Gasteiger partial charge < -0.3 is 14.8 Å². The fourth-order valence-corrected chi connectivity index (χ4v) is 3.79. The molecule has 0 unspecified atom stereocenters. The third-order valence-electron chi connectivity index (χ3n) is 4.55. The Kier molecular flexibility index (Phi) is 7.11. The number of amides is 1. The van der Waals surface area contributed by atoms with Crippen LogP contribution < -0.4 is 14.8 Å². The van der Waals surface area contributed by atoms with Gasteiger partial charge in [0, 0.05) is 31.0 Å². The first kappa shape index (κ1) is 21.1. The number of anilines is 1. The normalized spacial score (nSPS) is 13.7. The highest BCUT2D eigenvalue weighted by Gasteiger charge is 2.21. The Bertz CT molecular complexity index is 924. The van der Waals surface area contributed by atoms with Gasteiger partial charge in [-0.25, -0.2) is 8.42 Å². The molecule has 1 aliphatic carbocycles. The topological polar surface area (TPSA) is 93.7 Å². The van der Waals surface area contributed by atoms with Crippen LogP contribution in [0.4, 0.5) is 5.69 Å². The van der Waals surface area contributed by atoms with Crippen molar-refractivity contribution in [1.29, 1.82) is 0 Å². The molecule has 0 saturated heterocycles. The average Bonchev–Trinajstić information content (AvgIpc) is 3.55. The van der Waals surface area contributed by atoms with Gasteiger partial charge in [-0.3, -0.25) is 9.52 Å². The largest absolute Gasteiger partial charge is 0.497 e. The van der Waals surface area contributed by atoms with Gasteiger partial charge in [-0.05, 0) is 67.6 Å². The van der Waals surface area contributed by atoms with Gasteiger partial charge in [0.15, 0.2) is 0 Å². The standard InChI is InChI=1S/C21H26N2O5S/c1-27-19-10-8-18(9-11-19)23-29(25,26)20-5-2-4-17(14-20)21(24)22-12-3-13-28-15-16-6-7-16/h2,4-5,8-11,14,16,23H,3,6-7,12-13,15H2,1H3,(H,22,24). The number of hydrogen-bond acceptors (Lipinski definition) is 5. The molecule has 0 aliphatic heterocycles. The van der Waals surface area contributed by atoms with Crippen molar-refractivity contribution in [2.45, 2.75) is 24.2 Å². The van der Waals surface area contributed by atoms with E-state index in [-0.39, 0.29) is 10.8 Å². The second kappa shape index (κ2) is 9.76. The van der Waals surface area contributed by atoms with Crippen LogP contribution in [0.3, 0.4) is 0 Å². The summed E-state index contributed by atoms with van der Waals surface area (Å²) in [5.41, 5.74) is 0.702. The van der Waals surface area contributed by atoms with Gasteiger partial charge in [-0.15, -0.1) is 0 Å². The first-order valence-corrected chi connectivity index (χ1v) is 11.1. The van der Waals surface area contributed by atoms with Crippen molar-refractivity contribution in [3.05, 3.63) is 54.1 Å². The van der Waals surface area contributed by atoms with E-state index in [4.69, 9.17) is 9.47 Å². The molecule has 0 bridgehead atoms. The quantitative estimate of drug-likeness (QED) is 0.547. The first-order chi connectivity index (χ1) is 14.0. The lowest BCUT2D eigenvalue weighted by molar-refractivity contribution is 0.0937. The second-order valence-electron chi connectivity index (χ2n) is 6.99.